The second-order valence-electron chi connectivity index (χ2n) is 5.10. The van der Waals surface area contributed by atoms with Crippen molar-refractivity contribution in [2.24, 2.45) is 0 Å². The first-order valence-electron chi connectivity index (χ1n) is 6.82. The van der Waals surface area contributed by atoms with Crippen LogP contribution in [-0.4, -0.2) is 53.1 Å². The van der Waals surface area contributed by atoms with Gasteiger partial charge in [0.2, 0.25) is 0 Å². The van der Waals surface area contributed by atoms with E-state index in [1.165, 1.54) is 6.42 Å². The van der Waals surface area contributed by atoms with Crippen LogP contribution in [0.25, 0.3) is 0 Å². The van der Waals surface area contributed by atoms with E-state index < -0.39 is 0 Å². The number of rotatable bonds is 4. The molecule has 0 aromatic carbocycles. The monoisotopic (exact) mass is 251 g/mol. The van der Waals surface area contributed by atoms with E-state index >= 15 is 0 Å². The zero-order chi connectivity index (χ0) is 12.3. The number of nitrogens with zero attached hydrogens (tertiary/aromatic N) is 3. The molecule has 0 N–H and O–H groups in total. The maximum Gasteiger partial charge on any atom is 0.170 e. The van der Waals surface area contributed by atoms with Crippen LogP contribution in [-0.2, 0) is 16.0 Å². The van der Waals surface area contributed by atoms with Gasteiger partial charge in [0.05, 0.1) is 19.5 Å². The lowest BCUT2D eigenvalue weighted by Crippen LogP contribution is -2.45. The third-order valence-electron chi connectivity index (χ3n) is 3.88. The van der Waals surface area contributed by atoms with Crippen LogP contribution in [0.4, 0.5) is 0 Å². The van der Waals surface area contributed by atoms with Gasteiger partial charge in [0.15, 0.2) is 5.79 Å². The minimum Gasteiger partial charge on any atom is -0.347 e. The summed E-state index contributed by atoms with van der Waals surface area (Å²) in [4.78, 5) is 6.56. The maximum atomic E-state index is 5.73. The molecule has 5 nitrogen and oxygen atoms in total. The van der Waals surface area contributed by atoms with Gasteiger partial charge in [-0.15, -0.1) is 0 Å². The number of aryl methyl sites for hydroxylation is 1. The Morgan fingerprint density at radius 2 is 1.89 bits per heavy atom. The fourth-order valence-electron chi connectivity index (χ4n) is 2.80. The van der Waals surface area contributed by atoms with E-state index in [1.54, 1.807) is 0 Å². The number of likely N-dealkylation sites (tertiary alicyclic amines) is 1. The Morgan fingerprint density at radius 3 is 2.56 bits per heavy atom. The first-order valence-corrected chi connectivity index (χ1v) is 6.82. The Balaban J connectivity index is 1.38. The van der Waals surface area contributed by atoms with Crippen LogP contribution < -0.4 is 0 Å². The van der Waals surface area contributed by atoms with Gasteiger partial charge >= 0.3 is 0 Å². The minimum absolute atomic E-state index is 0.235. The molecule has 18 heavy (non-hydrogen) atoms. The summed E-state index contributed by atoms with van der Waals surface area (Å²) in [7, 11) is 0. The Hall–Kier alpha value is -0.910. The minimum atomic E-state index is -0.235. The largest absolute Gasteiger partial charge is 0.347 e. The van der Waals surface area contributed by atoms with E-state index in [2.05, 4.69) is 14.5 Å². The highest BCUT2D eigenvalue weighted by Crippen LogP contribution is 2.31. The molecule has 3 rings (SSSR count). The normalized spacial score (nSPS) is 23.8. The number of piperidine rings is 1. The molecule has 0 atom stereocenters. The molecule has 0 unspecified atom stereocenters. The lowest BCUT2D eigenvalue weighted by molar-refractivity contribution is -0.185. The molecule has 100 valence electrons. The van der Waals surface area contributed by atoms with Gasteiger partial charge in [-0.05, 0) is 13.0 Å². The van der Waals surface area contributed by atoms with Gasteiger partial charge < -0.3 is 18.9 Å². The van der Waals surface area contributed by atoms with Gasteiger partial charge in [-0.3, -0.25) is 0 Å². The first-order chi connectivity index (χ1) is 8.86. The second kappa shape index (κ2) is 5.38. The standard InChI is InChI=1S/C13H21N3O2/c1(6-16-9-4-14-12-16)5-15-7-2-13(3-8-15)17-10-11-18-13/h4,9,12H,1-3,5-8,10-11H2. The fourth-order valence-corrected chi connectivity index (χ4v) is 2.80. The molecule has 2 fully saturated rings. The lowest BCUT2D eigenvalue weighted by Gasteiger charge is -2.37. The van der Waals surface area contributed by atoms with Crippen LogP contribution in [0.3, 0.4) is 0 Å². The zero-order valence-electron chi connectivity index (χ0n) is 10.8. The topological polar surface area (TPSA) is 39.5 Å². The Labute approximate surface area is 108 Å². The van der Waals surface area contributed by atoms with Gasteiger partial charge in [-0.1, -0.05) is 0 Å². The van der Waals surface area contributed by atoms with Crippen molar-refractivity contribution in [3.8, 4) is 0 Å². The summed E-state index contributed by atoms with van der Waals surface area (Å²) in [5.74, 6) is -0.235. The van der Waals surface area contributed by atoms with E-state index in [1.807, 2.05) is 18.7 Å². The van der Waals surface area contributed by atoms with Crippen molar-refractivity contribution in [2.45, 2.75) is 31.6 Å². The van der Waals surface area contributed by atoms with Crippen molar-refractivity contribution in [3.05, 3.63) is 18.7 Å². The van der Waals surface area contributed by atoms with Gasteiger partial charge in [0.25, 0.3) is 0 Å². The summed E-state index contributed by atoms with van der Waals surface area (Å²) in [6.07, 6.45) is 8.93. The van der Waals surface area contributed by atoms with Crippen molar-refractivity contribution in [3.63, 3.8) is 0 Å². The van der Waals surface area contributed by atoms with E-state index in [0.29, 0.717) is 0 Å². The number of hydrogen-bond donors (Lipinski definition) is 0. The van der Waals surface area contributed by atoms with Crippen molar-refractivity contribution < 1.29 is 9.47 Å². The third kappa shape index (κ3) is 2.74. The molecule has 2 aliphatic rings. The Morgan fingerprint density at radius 1 is 1.11 bits per heavy atom. The van der Waals surface area contributed by atoms with Crippen LogP contribution in [0.15, 0.2) is 18.7 Å². The summed E-state index contributed by atoms with van der Waals surface area (Å²) in [5.41, 5.74) is 0. The van der Waals surface area contributed by atoms with Crippen LogP contribution in [0.2, 0.25) is 0 Å². The van der Waals surface area contributed by atoms with E-state index in [-0.39, 0.29) is 5.79 Å². The predicted octanol–water partition coefficient (Wildman–Crippen LogP) is 1.11. The number of hydrogen-bond acceptors (Lipinski definition) is 4. The summed E-state index contributed by atoms with van der Waals surface area (Å²) >= 11 is 0. The highest BCUT2D eigenvalue weighted by Gasteiger charge is 2.39. The van der Waals surface area contributed by atoms with E-state index in [0.717, 1.165) is 52.2 Å². The summed E-state index contributed by atoms with van der Waals surface area (Å²) in [6, 6.07) is 0. The number of ether oxygens (including phenoxy) is 2. The SMILES string of the molecule is c1cn(CCCN2CCC3(CC2)OCCO3)cn1. The van der Waals surface area contributed by atoms with Gasteiger partial charge in [-0.2, -0.15) is 0 Å². The van der Waals surface area contributed by atoms with Crippen molar-refractivity contribution in [1.29, 1.82) is 0 Å². The van der Waals surface area contributed by atoms with Gasteiger partial charge in [-0.25, -0.2) is 4.98 Å². The molecule has 5 heteroatoms. The average Bonchev–Trinajstić information content (AvgIpc) is 3.04. The molecule has 0 saturated carbocycles. The molecule has 1 aromatic rings. The van der Waals surface area contributed by atoms with Crippen LogP contribution in [0, 0.1) is 0 Å². The number of aromatic nitrogens is 2. The summed E-state index contributed by atoms with van der Waals surface area (Å²) in [6.45, 7) is 5.90. The summed E-state index contributed by atoms with van der Waals surface area (Å²) < 4.78 is 13.6. The van der Waals surface area contributed by atoms with E-state index in [4.69, 9.17) is 9.47 Å². The first kappa shape index (κ1) is 12.1. The highest BCUT2D eigenvalue weighted by molar-refractivity contribution is 4.82. The average molecular weight is 251 g/mol. The molecule has 2 aliphatic heterocycles. The fraction of sp³-hybridized carbons (Fsp3) is 0.769. The molecule has 3 heterocycles. The molecular formula is C13H21N3O2. The zero-order valence-corrected chi connectivity index (χ0v) is 10.8. The Kier molecular flexibility index (Phi) is 3.63. The molecule has 1 spiro atoms. The van der Waals surface area contributed by atoms with Crippen molar-refractivity contribution >= 4 is 0 Å². The van der Waals surface area contributed by atoms with Crippen molar-refractivity contribution in [1.82, 2.24) is 14.5 Å². The van der Waals surface area contributed by atoms with Crippen molar-refractivity contribution in [2.75, 3.05) is 32.8 Å². The predicted molar refractivity (Wildman–Crippen MR) is 67.2 cm³/mol. The molecule has 0 aliphatic carbocycles. The molecular weight excluding hydrogens is 230 g/mol. The van der Waals surface area contributed by atoms with Crippen LogP contribution in [0.1, 0.15) is 19.3 Å². The highest BCUT2D eigenvalue weighted by atomic mass is 16.7. The second-order valence-corrected chi connectivity index (χ2v) is 5.10. The molecule has 0 radical (unpaired) electrons. The molecule has 1 aromatic heterocycles. The number of imidazole rings is 1. The lowest BCUT2D eigenvalue weighted by atomic mass is 10.0. The summed E-state index contributed by atoms with van der Waals surface area (Å²) in [5, 5.41) is 0. The van der Waals surface area contributed by atoms with Crippen LogP contribution >= 0.6 is 0 Å². The molecule has 0 bridgehead atoms. The molecule has 2 saturated heterocycles. The smallest absolute Gasteiger partial charge is 0.170 e. The third-order valence-corrected chi connectivity index (χ3v) is 3.88. The van der Waals surface area contributed by atoms with Gasteiger partial charge in [0, 0.05) is 44.9 Å². The van der Waals surface area contributed by atoms with E-state index in [9.17, 15) is 0 Å². The Bertz CT molecular complexity index is 350. The van der Waals surface area contributed by atoms with Gasteiger partial charge in [0.1, 0.15) is 0 Å². The maximum absolute atomic E-state index is 5.73. The molecule has 0 amide bonds. The quantitative estimate of drug-likeness (QED) is 0.803. The van der Waals surface area contributed by atoms with Crippen LogP contribution in [0.5, 0.6) is 0 Å².